The van der Waals surface area contributed by atoms with E-state index >= 15 is 0 Å². The van der Waals surface area contributed by atoms with Crippen LogP contribution in [0.5, 0.6) is 11.5 Å². The van der Waals surface area contributed by atoms with Crippen LogP contribution in [0.15, 0.2) is 102 Å². The van der Waals surface area contributed by atoms with Crippen LogP contribution in [-0.2, 0) is 4.79 Å². The number of benzene rings is 4. The van der Waals surface area contributed by atoms with Gasteiger partial charge in [-0.15, -0.1) is 0 Å². The second-order valence-electron chi connectivity index (χ2n) is 7.56. The van der Waals surface area contributed by atoms with E-state index in [0.717, 1.165) is 11.1 Å². The predicted octanol–water partition coefficient (Wildman–Crippen LogP) is 6.41. The number of hydrogen-bond acceptors (Lipinski definition) is 5. The highest BCUT2D eigenvalue weighted by atomic mass is 35.5. The van der Waals surface area contributed by atoms with Crippen LogP contribution in [0.2, 0.25) is 10.0 Å². The highest BCUT2D eigenvalue weighted by Gasteiger charge is 2.13. The summed E-state index contributed by atoms with van der Waals surface area (Å²) in [7, 11) is 0. The summed E-state index contributed by atoms with van der Waals surface area (Å²) in [4.78, 5) is 24.5. The summed E-state index contributed by atoms with van der Waals surface area (Å²) >= 11 is 11.9. The summed E-state index contributed by atoms with van der Waals surface area (Å²) in [5.74, 6) is -0.168. The molecular weight excluding hydrogens is 499 g/mol. The van der Waals surface area contributed by atoms with Crippen LogP contribution in [0.4, 0.5) is 0 Å². The lowest BCUT2D eigenvalue weighted by Gasteiger charge is -2.07. The predicted molar refractivity (Wildman–Crippen MR) is 141 cm³/mol. The second-order valence-corrected chi connectivity index (χ2v) is 8.40. The number of halogens is 2. The molecule has 0 bridgehead atoms. The largest absolute Gasteiger partial charge is 0.484 e. The number of nitrogens with zero attached hydrogens (tertiary/aromatic N) is 1. The second kappa shape index (κ2) is 12.0. The zero-order valence-electron chi connectivity index (χ0n) is 18.9. The third kappa shape index (κ3) is 6.95. The third-order valence-corrected chi connectivity index (χ3v) is 5.50. The number of esters is 1. The molecule has 0 saturated carbocycles. The van der Waals surface area contributed by atoms with E-state index in [1.165, 1.54) is 18.3 Å². The van der Waals surface area contributed by atoms with E-state index in [9.17, 15) is 9.59 Å². The Balaban J connectivity index is 1.27. The van der Waals surface area contributed by atoms with E-state index in [4.69, 9.17) is 32.7 Å². The summed E-state index contributed by atoms with van der Waals surface area (Å²) in [6.07, 6.45) is 1.43. The van der Waals surface area contributed by atoms with Crippen molar-refractivity contribution < 1.29 is 19.1 Å². The molecule has 1 N–H and O–H groups in total. The van der Waals surface area contributed by atoms with Crippen molar-refractivity contribution in [3.05, 3.63) is 118 Å². The minimum atomic E-state index is -0.618. The number of ether oxygens (including phenoxy) is 2. The van der Waals surface area contributed by atoms with Crippen molar-refractivity contribution in [3.63, 3.8) is 0 Å². The van der Waals surface area contributed by atoms with Crippen molar-refractivity contribution in [1.29, 1.82) is 0 Å². The molecule has 180 valence electrons. The molecule has 6 nitrogen and oxygen atoms in total. The summed E-state index contributed by atoms with van der Waals surface area (Å²) in [5, 5.41) is 4.55. The number of hydrazone groups is 1. The Bertz CT molecular complexity index is 1390. The number of hydrogen-bond donors (Lipinski definition) is 1. The fraction of sp³-hybridized carbons (Fsp3) is 0.0357. The van der Waals surface area contributed by atoms with Crippen molar-refractivity contribution in [2.45, 2.75) is 0 Å². The molecule has 1 amide bonds. The molecular formula is C28H20Cl2N2O4. The van der Waals surface area contributed by atoms with Gasteiger partial charge in [0.25, 0.3) is 5.91 Å². The Labute approximate surface area is 218 Å². The van der Waals surface area contributed by atoms with Crippen LogP contribution < -0.4 is 14.9 Å². The van der Waals surface area contributed by atoms with Gasteiger partial charge in [-0.1, -0.05) is 77.8 Å². The van der Waals surface area contributed by atoms with E-state index in [-0.39, 0.29) is 17.2 Å². The molecule has 0 fully saturated rings. The Morgan fingerprint density at radius 3 is 2.31 bits per heavy atom. The molecule has 0 spiro atoms. The molecule has 0 aromatic heterocycles. The smallest absolute Gasteiger partial charge is 0.345 e. The number of amides is 1. The molecule has 36 heavy (non-hydrogen) atoms. The maximum atomic E-state index is 12.4. The monoisotopic (exact) mass is 518 g/mol. The lowest BCUT2D eigenvalue weighted by Crippen LogP contribution is -2.24. The van der Waals surface area contributed by atoms with Gasteiger partial charge in [-0.2, -0.15) is 5.10 Å². The van der Waals surface area contributed by atoms with E-state index < -0.39 is 11.9 Å². The molecule has 4 aromatic rings. The van der Waals surface area contributed by atoms with Crippen LogP contribution in [0, 0.1) is 0 Å². The molecule has 0 atom stereocenters. The van der Waals surface area contributed by atoms with Crippen molar-refractivity contribution in [3.8, 4) is 22.6 Å². The number of rotatable bonds is 8. The first-order chi connectivity index (χ1) is 17.5. The van der Waals surface area contributed by atoms with Gasteiger partial charge in [-0.05, 0) is 59.2 Å². The van der Waals surface area contributed by atoms with E-state index in [2.05, 4.69) is 10.5 Å². The molecule has 0 radical (unpaired) electrons. The summed E-state index contributed by atoms with van der Waals surface area (Å²) in [6.45, 7) is -0.193. The van der Waals surface area contributed by atoms with Gasteiger partial charge >= 0.3 is 5.97 Å². The summed E-state index contributed by atoms with van der Waals surface area (Å²) in [6, 6.07) is 28.6. The van der Waals surface area contributed by atoms with Crippen LogP contribution >= 0.6 is 23.2 Å². The number of carbonyl (C=O) groups is 2. The van der Waals surface area contributed by atoms with Gasteiger partial charge in [0.2, 0.25) is 0 Å². The Hall–Kier alpha value is -4.13. The molecule has 0 unspecified atom stereocenters. The van der Waals surface area contributed by atoms with E-state index in [0.29, 0.717) is 22.1 Å². The van der Waals surface area contributed by atoms with Crippen LogP contribution in [-0.4, -0.2) is 24.7 Å². The fourth-order valence-corrected chi connectivity index (χ4v) is 3.70. The summed E-state index contributed by atoms with van der Waals surface area (Å²) < 4.78 is 10.9. The van der Waals surface area contributed by atoms with E-state index in [1.807, 2.05) is 54.6 Å². The van der Waals surface area contributed by atoms with Crippen molar-refractivity contribution >= 4 is 41.3 Å². The first-order valence-corrected chi connectivity index (χ1v) is 11.6. The number of nitrogens with one attached hydrogen (secondary N) is 1. The fourth-order valence-electron chi connectivity index (χ4n) is 3.21. The maximum absolute atomic E-state index is 12.4. The van der Waals surface area contributed by atoms with Crippen LogP contribution in [0.3, 0.4) is 0 Å². The first kappa shape index (κ1) is 25.0. The molecule has 0 aliphatic carbocycles. The lowest BCUT2D eigenvalue weighted by atomic mass is 10.1. The highest BCUT2D eigenvalue weighted by Crippen LogP contribution is 2.24. The molecule has 8 heteroatoms. The van der Waals surface area contributed by atoms with Gasteiger partial charge in [-0.25, -0.2) is 10.2 Å². The standard InChI is InChI=1S/C28H20Cl2N2O4/c29-22-11-14-25(26(30)16-22)28(34)36-24-8-4-5-19(15-24)17-31-32-27(33)18-35-23-12-9-21(10-13-23)20-6-2-1-3-7-20/h1-17H,18H2,(H,32,33)/b31-17+. The Morgan fingerprint density at radius 2 is 1.56 bits per heavy atom. The summed E-state index contributed by atoms with van der Waals surface area (Å²) in [5.41, 5.74) is 5.37. The van der Waals surface area contributed by atoms with Crippen LogP contribution in [0.25, 0.3) is 11.1 Å². The zero-order chi connectivity index (χ0) is 25.3. The first-order valence-electron chi connectivity index (χ1n) is 10.9. The van der Waals surface area contributed by atoms with Gasteiger partial charge in [0.1, 0.15) is 11.5 Å². The maximum Gasteiger partial charge on any atom is 0.345 e. The molecule has 4 aromatic carbocycles. The van der Waals surface area contributed by atoms with Crippen molar-refractivity contribution in [2.75, 3.05) is 6.61 Å². The average Bonchev–Trinajstić information content (AvgIpc) is 2.88. The topological polar surface area (TPSA) is 77.0 Å². The van der Waals surface area contributed by atoms with Gasteiger partial charge in [0.05, 0.1) is 16.8 Å². The zero-order valence-corrected chi connectivity index (χ0v) is 20.4. The van der Waals surface area contributed by atoms with Crippen molar-refractivity contribution in [1.82, 2.24) is 5.43 Å². The lowest BCUT2D eigenvalue weighted by molar-refractivity contribution is -0.123. The van der Waals surface area contributed by atoms with Gasteiger partial charge in [0, 0.05) is 5.02 Å². The SMILES string of the molecule is O=C(COc1ccc(-c2ccccc2)cc1)N/N=C/c1cccc(OC(=O)c2ccc(Cl)cc2Cl)c1. The average molecular weight is 519 g/mol. The molecule has 0 saturated heterocycles. The molecule has 0 aliphatic rings. The van der Waals surface area contributed by atoms with E-state index in [1.54, 1.807) is 30.3 Å². The van der Waals surface area contributed by atoms with Crippen molar-refractivity contribution in [2.24, 2.45) is 5.10 Å². The number of carbonyl (C=O) groups excluding carboxylic acids is 2. The Kier molecular flexibility index (Phi) is 8.34. The molecule has 4 rings (SSSR count). The normalized spacial score (nSPS) is 10.7. The minimum absolute atomic E-state index is 0.193. The van der Waals surface area contributed by atoms with Gasteiger partial charge in [-0.3, -0.25) is 4.79 Å². The highest BCUT2D eigenvalue weighted by molar-refractivity contribution is 6.36. The van der Waals surface area contributed by atoms with Gasteiger partial charge in [0.15, 0.2) is 6.61 Å². The minimum Gasteiger partial charge on any atom is -0.484 e. The third-order valence-electron chi connectivity index (χ3n) is 4.95. The Morgan fingerprint density at radius 1 is 0.806 bits per heavy atom. The van der Waals surface area contributed by atoms with Gasteiger partial charge < -0.3 is 9.47 Å². The molecule has 0 aliphatic heterocycles. The molecule has 0 heterocycles. The quantitative estimate of drug-likeness (QED) is 0.126. The van der Waals surface area contributed by atoms with Crippen LogP contribution in [0.1, 0.15) is 15.9 Å².